The van der Waals surface area contributed by atoms with Crippen molar-refractivity contribution in [3.05, 3.63) is 46.5 Å². The lowest BCUT2D eigenvalue weighted by Gasteiger charge is -2.26. The molecule has 28 heavy (non-hydrogen) atoms. The van der Waals surface area contributed by atoms with Crippen LogP contribution in [0.4, 0.5) is 8.78 Å². The summed E-state index contributed by atoms with van der Waals surface area (Å²) in [7, 11) is 0. The molecule has 0 radical (unpaired) electrons. The van der Waals surface area contributed by atoms with Gasteiger partial charge in [-0.15, -0.1) is 0 Å². The minimum Gasteiger partial charge on any atom is -0.487 e. The Morgan fingerprint density at radius 3 is 2.75 bits per heavy atom. The first-order valence-electron chi connectivity index (χ1n) is 9.07. The van der Waals surface area contributed by atoms with Crippen molar-refractivity contribution in [3.8, 4) is 17.3 Å². The quantitative estimate of drug-likeness (QED) is 0.446. The van der Waals surface area contributed by atoms with Crippen molar-refractivity contribution in [2.45, 2.75) is 45.0 Å². The Balaban J connectivity index is 1.87. The van der Waals surface area contributed by atoms with Gasteiger partial charge in [0.1, 0.15) is 5.75 Å². The maximum atomic E-state index is 12.9. The number of hydrogen-bond donors (Lipinski definition) is 0. The van der Waals surface area contributed by atoms with E-state index in [1.165, 1.54) is 23.3 Å². The third kappa shape index (κ3) is 5.23. The second-order valence-corrected chi connectivity index (χ2v) is 7.24. The molecule has 0 spiro atoms. The molecular formula is C19H22F2N2O4S. The van der Waals surface area contributed by atoms with Gasteiger partial charge in [-0.3, -0.25) is 13.5 Å². The van der Waals surface area contributed by atoms with Crippen LogP contribution in [0.2, 0.25) is 0 Å². The van der Waals surface area contributed by atoms with Gasteiger partial charge in [-0.05, 0) is 43.4 Å². The summed E-state index contributed by atoms with van der Waals surface area (Å²) in [6.07, 6.45) is 6.56. The monoisotopic (exact) mass is 412 g/mol. The molecule has 0 unspecified atom stereocenters. The van der Waals surface area contributed by atoms with E-state index in [0.29, 0.717) is 24.1 Å². The molecule has 0 bridgehead atoms. The van der Waals surface area contributed by atoms with Crippen molar-refractivity contribution >= 4 is 12.3 Å². The Morgan fingerprint density at radius 1 is 1.36 bits per heavy atom. The van der Waals surface area contributed by atoms with Crippen LogP contribution >= 0.6 is 12.3 Å². The minimum atomic E-state index is -2.98. The van der Waals surface area contributed by atoms with Gasteiger partial charge in [-0.1, -0.05) is 6.42 Å². The molecule has 3 rings (SSSR count). The maximum absolute atomic E-state index is 12.9. The zero-order valence-electron chi connectivity index (χ0n) is 15.7. The number of alkyl halides is 2. The summed E-state index contributed by atoms with van der Waals surface area (Å²) in [5.74, 6) is -1.76. The molecule has 6 nitrogen and oxygen atoms in total. The summed E-state index contributed by atoms with van der Waals surface area (Å²) in [4.78, 5) is 16.9. The molecule has 0 amide bonds. The zero-order valence-corrected chi connectivity index (χ0v) is 16.5. The molecule has 1 aliphatic carbocycles. The average molecular weight is 412 g/mol. The molecule has 2 aromatic heterocycles. The van der Waals surface area contributed by atoms with Gasteiger partial charge in [0, 0.05) is 25.4 Å². The number of pyridine rings is 2. The van der Waals surface area contributed by atoms with Crippen LogP contribution in [0, 0.1) is 0 Å². The Morgan fingerprint density at radius 2 is 2.14 bits per heavy atom. The van der Waals surface area contributed by atoms with E-state index in [4.69, 9.17) is 13.1 Å². The summed E-state index contributed by atoms with van der Waals surface area (Å²) in [6.45, 7) is 2.25. The Hall–Kier alpha value is -2.13. The van der Waals surface area contributed by atoms with Crippen LogP contribution in [0.3, 0.4) is 0 Å². The van der Waals surface area contributed by atoms with Crippen molar-refractivity contribution in [1.29, 1.82) is 0 Å². The topological polar surface area (TPSA) is 62.6 Å². The first kappa shape index (κ1) is 20.6. The molecule has 0 saturated heterocycles. The van der Waals surface area contributed by atoms with Gasteiger partial charge in [0.15, 0.2) is 18.2 Å². The summed E-state index contributed by atoms with van der Waals surface area (Å²) in [5.41, 5.74) is 0.590. The zero-order chi connectivity index (χ0) is 20.1. The predicted molar refractivity (Wildman–Crippen MR) is 102 cm³/mol. The molecule has 0 aliphatic heterocycles. The number of rotatable bonds is 9. The fraction of sp³-hybridized carbons (Fsp3) is 0.474. The smallest absolute Gasteiger partial charge is 0.278 e. The molecule has 0 N–H and O–H groups in total. The summed E-state index contributed by atoms with van der Waals surface area (Å²) < 4.78 is 42.9. The van der Waals surface area contributed by atoms with Crippen LogP contribution in [0.5, 0.6) is 11.5 Å². The van der Waals surface area contributed by atoms with E-state index >= 15 is 0 Å². The second kappa shape index (κ2) is 8.91. The van der Waals surface area contributed by atoms with E-state index in [9.17, 15) is 13.6 Å². The number of nitrogens with zero attached hydrogens (tertiary/aromatic N) is 2. The molecule has 1 aliphatic rings. The van der Waals surface area contributed by atoms with Crippen molar-refractivity contribution in [3.63, 3.8) is 0 Å². The SMILES string of the molecule is CCOSOc1cc(C2CCC2)cnc1-n1ccc(OCC(C)(F)F)cc1=O. The van der Waals surface area contributed by atoms with Gasteiger partial charge in [-0.2, -0.15) is 0 Å². The first-order valence-corrected chi connectivity index (χ1v) is 9.74. The summed E-state index contributed by atoms with van der Waals surface area (Å²) in [6, 6.07) is 4.45. The molecular weight excluding hydrogens is 390 g/mol. The molecule has 152 valence electrons. The second-order valence-electron chi connectivity index (χ2n) is 6.71. The van der Waals surface area contributed by atoms with Gasteiger partial charge < -0.3 is 8.92 Å². The third-order valence-electron chi connectivity index (χ3n) is 4.33. The summed E-state index contributed by atoms with van der Waals surface area (Å²) >= 11 is 0.818. The Labute approximate surface area is 166 Å². The van der Waals surface area contributed by atoms with Crippen LogP contribution in [-0.2, 0) is 4.18 Å². The lowest BCUT2D eigenvalue weighted by Crippen LogP contribution is -2.23. The van der Waals surface area contributed by atoms with Crippen molar-refractivity contribution in [2.24, 2.45) is 0 Å². The molecule has 9 heteroatoms. The van der Waals surface area contributed by atoms with Crippen LogP contribution in [0.1, 0.15) is 44.6 Å². The average Bonchev–Trinajstić information content (AvgIpc) is 2.59. The predicted octanol–water partition coefficient (Wildman–Crippen LogP) is 4.51. The highest BCUT2D eigenvalue weighted by Crippen LogP contribution is 2.38. The number of halogens is 2. The largest absolute Gasteiger partial charge is 0.487 e. The van der Waals surface area contributed by atoms with Crippen LogP contribution in [-0.4, -0.2) is 28.7 Å². The van der Waals surface area contributed by atoms with E-state index in [-0.39, 0.29) is 5.75 Å². The van der Waals surface area contributed by atoms with Crippen LogP contribution in [0.25, 0.3) is 5.82 Å². The molecule has 1 fully saturated rings. The fourth-order valence-electron chi connectivity index (χ4n) is 2.70. The van der Waals surface area contributed by atoms with E-state index in [2.05, 4.69) is 4.98 Å². The highest BCUT2D eigenvalue weighted by Gasteiger charge is 2.23. The van der Waals surface area contributed by atoms with E-state index < -0.39 is 18.1 Å². The third-order valence-corrected chi connectivity index (χ3v) is 4.91. The standard InChI is InChI=1S/C19H22F2N2O4S/c1-3-26-28-27-16-9-14(13-5-4-6-13)11-22-18(16)23-8-7-15(10-17(23)24)25-12-19(2,20)21/h7-11,13H,3-6,12H2,1-2H3. The van der Waals surface area contributed by atoms with Crippen molar-refractivity contribution in [1.82, 2.24) is 9.55 Å². The summed E-state index contributed by atoms with van der Waals surface area (Å²) in [5, 5.41) is 0. The molecule has 2 aromatic rings. The Kier molecular flexibility index (Phi) is 6.56. The molecule has 0 aromatic carbocycles. The van der Waals surface area contributed by atoms with Crippen LogP contribution < -0.4 is 14.5 Å². The minimum absolute atomic E-state index is 0.0695. The van der Waals surface area contributed by atoms with Crippen molar-refractivity contribution < 1.29 is 21.9 Å². The Bertz CT molecular complexity index is 866. The highest BCUT2D eigenvalue weighted by atomic mass is 32.2. The fourth-order valence-corrected chi connectivity index (χ4v) is 3.04. The van der Waals surface area contributed by atoms with E-state index in [0.717, 1.165) is 43.7 Å². The lowest BCUT2D eigenvalue weighted by atomic mass is 9.81. The van der Waals surface area contributed by atoms with Crippen LogP contribution in [0.15, 0.2) is 35.4 Å². The van der Waals surface area contributed by atoms with Gasteiger partial charge in [-0.25, -0.2) is 13.8 Å². The van der Waals surface area contributed by atoms with E-state index in [1.54, 1.807) is 6.20 Å². The normalized spacial score (nSPS) is 14.6. The maximum Gasteiger partial charge on any atom is 0.278 e. The highest BCUT2D eigenvalue weighted by molar-refractivity contribution is 7.90. The van der Waals surface area contributed by atoms with E-state index in [1.807, 2.05) is 13.0 Å². The van der Waals surface area contributed by atoms with Gasteiger partial charge in [0.05, 0.1) is 6.61 Å². The van der Waals surface area contributed by atoms with Gasteiger partial charge >= 0.3 is 0 Å². The number of ether oxygens (including phenoxy) is 1. The number of aromatic nitrogens is 2. The van der Waals surface area contributed by atoms with Crippen molar-refractivity contribution in [2.75, 3.05) is 13.2 Å². The van der Waals surface area contributed by atoms with Gasteiger partial charge in [0.2, 0.25) is 12.3 Å². The first-order chi connectivity index (χ1) is 13.4. The lowest BCUT2D eigenvalue weighted by molar-refractivity contribution is -0.0230. The number of hydrogen-bond acceptors (Lipinski definition) is 6. The molecule has 2 heterocycles. The van der Waals surface area contributed by atoms with Gasteiger partial charge in [0.25, 0.3) is 11.5 Å². The molecule has 1 saturated carbocycles. The molecule has 0 atom stereocenters.